The van der Waals surface area contributed by atoms with E-state index in [9.17, 15) is 19.0 Å². The summed E-state index contributed by atoms with van der Waals surface area (Å²) in [6.07, 6.45) is 43.1. The third-order valence-corrected chi connectivity index (χ3v) is 9.98. The van der Waals surface area contributed by atoms with E-state index in [1.165, 1.54) is 89.9 Å². The Morgan fingerprint density at radius 1 is 0.566 bits per heavy atom. The van der Waals surface area contributed by atoms with Gasteiger partial charge in [0.25, 0.3) is 0 Å². The number of nitrogens with two attached hydrogens (primary N) is 1. The van der Waals surface area contributed by atoms with E-state index in [-0.39, 0.29) is 32.6 Å². The minimum Gasteiger partial charge on any atom is -0.462 e. The van der Waals surface area contributed by atoms with Crippen molar-refractivity contribution in [3.8, 4) is 0 Å². The molecule has 0 aliphatic carbocycles. The van der Waals surface area contributed by atoms with Crippen LogP contribution in [0.3, 0.4) is 0 Å². The predicted octanol–water partition coefficient (Wildman–Crippen LogP) is 12.2. The van der Waals surface area contributed by atoms with Crippen molar-refractivity contribution in [3.63, 3.8) is 0 Å². The van der Waals surface area contributed by atoms with Crippen molar-refractivity contribution in [1.29, 1.82) is 0 Å². The summed E-state index contributed by atoms with van der Waals surface area (Å²) in [6, 6.07) is 0. The number of hydrogen-bond acceptors (Lipinski definition) is 8. The van der Waals surface area contributed by atoms with Crippen LogP contribution in [0, 0.1) is 0 Å². The van der Waals surface area contributed by atoms with Gasteiger partial charge in [0.2, 0.25) is 0 Å². The van der Waals surface area contributed by atoms with E-state index in [4.69, 9.17) is 24.3 Å². The number of unbranched alkanes of at least 4 members (excludes halogenated alkanes) is 21. The Morgan fingerprint density at radius 3 is 1.49 bits per heavy atom. The molecule has 0 saturated carbocycles. The molecule has 310 valence electrons. The average molecular weight is 770 g/mol. The van der Waals surface area contributed by atoms with Crippen molar-refractivity contribution in [3.05, 3.63) is 36.5 Å². The Bertz CT molecular complexity index is 970. The summed E-state index contributed by atoms with van der Waals surface area (Å²) in [5.74, 6) is -0.846. The molecule has 3 N–H and O–H groups in total. The number of phosphoric ester groups is 1. The smallest absolute Gasteiger partial charge is 0.462 e. The highest BCUT2D eigenvalue weighted by Gasteiger charge is 2.26. The zero-order valence-corrected chi connectivity index (χ0v) is 34.9. The fourth-order valence-corrected chi connectivity index (χ4v) is 6.54. The molecule has 0 fully saturated rings. The Hall–Kier alpha value is -1.77. The van der Waals surface area contributed by atoms with Gasteiger partial charge >= 0.3 is 19.8 Å². The molecule has 9 nitrogen and oxygen atoms in total. The second kappa shape index (κ2) is 39.9. The van der Waals surface area contributed by atoms with Crippen LogP contribution >= 0.6 is 7.82 Å². The highest BCUT2D eigenvalue weighted by atomic mass is 31.2. The third-order valence-electron chi connectivity index (χ3n) is 9.00. The first-order chi connectivity index (χ1) is 25.8. The summed E-state index contributed by atoms with van der Waals surface area (Å²) < 4.78 is 32.7. The molecule has 0 saturated heterocycles. The van der Waals surface area contributed by atoms with Crippen LogP contribution < -0.4 is 5.73 Å². The summed E-state index contributed by atoms with van der Waals surface area (Å²) in [6.45, 7) is 3.69. The number of hydrogen-bond donors (Lipinski definition) is 2. The molecule has 0 amide bonds. The Kier molecular flexibility index (Phi) is 38.6. The molecule has 0 radical (unpaired) electrons. The zero-order valence-electron chi connectivity index (χ0n) is 34.0. The van der Waals surface area contributed by atoms with Gasteiger partial charge in [0.15, 0.2) is 6.10 Å². The summed E-state index contributed by atoms with van der Waals surface area (Å²) >= 11 is 0. The maximum atomic E-state index is 12.6. The van der Waals surface area contributed by atoms with Crippen molar-refractivity contribution >= 4 is 19.8 Å². The van der Waals surface area contributed by atoms with Gasteiger partial charge in [0, 0.05) is 19.4 Å². The van der Waals surface area contributed by atoms with Gasteiger partial charge in [-0.2, -0.15) is 0 Å². The van der Waals surface area contributed by atoms with Crippen LogP contribution in [-0.2, 0) is 32.7 Å². The first kappa shape index (κ1) is 51.2. The van der Waals surface area contributed by atoms with E-state index < -0.39 is 32.5 Å². The molecule has 1 unspecified atom stereocenters. The topological polar surface area (TPSA) is 134 Å². The fourth-order valence-electron chi connectivity index (χ4n) is 5.78. The highest BCUT2D eigenvalue weighted by Crippen LogP contribution is 2.43. The standard InChI is InChI=1S/C43H80NO8P/c1-3-5-7-9-11-13-15-17-19-20-22-23-25-27-29-31-33-35-42(45)49-39-41(40-51-53(47,48)50-38-37-44)52-43(46)36-34-32-30-28-26-24-21-18-16-14-12-10-8-6-4-2/h11,13,17-19,21,41H,3-10,12,14-16,20,22-40,44H2,1-2H3,(H,47,48)/b13-11-,19-17-,21-18-/t41-/m1/s1. The molecular weight excluding hydrogens is 689 g/mol. The molecule has 2 atom stereocenters. The number of ether oxygens (including phenoxy) is 2. The first-order valence-electron chi connectivity index (χ1n) is 21.5. The molecule has 0 bridgehead atoms. The fraction of sp³-hybridized carbons (Fsp3) is 0.814. The lowest BCUT2D eigenvalue weighted by Gasteiger charge is -2.19. The van der Waals surface area contributed by atoms with Gasteiger partial charge in [-0.3, -0.25) is 18.6 Å². The molecule has 53 heavy (non-hydrogen) atoms. The van der Waals surface area contributed by atoms with Crippen molar-refractivity contribution in [2.24, 2.45) is 5.73 Å². The number of allylic oxidation sites excluding steroid dienone is 6. The number of phosphoric acid groups is 1. The van der Waals surface area contributed by atoms with Crippen LogP contribution in [-0.4, -0.2) is 49.3 Å². The van der Waals surface area contributed by atoms with E-state index in [1.807, 2.05) is 0 Å². The minimum atomic E-state index is -4.38. The lowest BCUT2D eigenvalue weighted by molar-refractivity contribution is -0.161. The largest absolute Gasteiger partial charge is 0.472 e. The van der Waals surface area contributed by atoms with E-state index in [2.05, 4.69) is 50.3 Å². The number of esters is 2. The molecule has 0 aromatic rings. The second-order valence-electron chi connectivity index (χ2n) is 14.2. The monoisotopic (exact) mass is 770 g/mol. The predicted molar refractivity (Wildman–Crippen MR) is 220 cm³/mol. The van der Waals surface area contributed by atoms with Crippen LogP contribution in [0.25, 0.3) is 0 Å². The zero-order chi connectivity index (χ0) is 38.9. The lowest BCUT2D eigenvalue weighted by atomic mass is 10.1. The normalized spacial score (nSPS) is 13.7. The molecule has 0 spiro atoms. The van der Waals surface area contributed by atoms with Gasteiger partial charge in [-0.05, 0) is 70.6 Å². The molecule has 0 aliphatic rings. The van der Waals surface area contributed by atoms with Gasteiger partial charge in [0.1, 0.15) is 6.61 Å². The summed E-state index contributed by atoms with van der Waals surface area (Å²) in [5.41, 5.74) is 5.34. The average Bonchev–Trinajstić information content (AvgIpc) is 3.14. The molecule has 0 rings (SSSR count). The van der Waals surface area contributed by atoms with Crippen molar-refractivity contribution in [2.45, 2.75) is 200 Å². The quantitative estimate of drug-likeness (QED) is 0.0270. The number of carbonyl (C=O) groups is 2. The SMILES string of the molecule is CCCCC/C=C\C/C=C\CCCCCCCCCC(=O)OC[C@H](COP(=O)(O)OCCN)OC(=O)CCCCCCC/C=C\CCCCCCCC. The second-order valence-corrected chi connectivity index (χ2v) is 15.7. The molecule has 0 aromatic heterocycles. The number of carbonyl (C=O) groups excluding carboxylic acids is 2. The van der Waals surface area contributed by atoms with E-state index in [0.29, 0.717) is 6.42 Å². The van der Waals surface area contributed by atoms with E-state index >= 15 is 0 Å². The van der Waals surface area contributed by atoms with Crippen LogP contribution in [0.1, 0.15) is 194 Å². The van der Waals surface area contributed by atoms with Gasteiger partial charge < -0.3 is 20.1 Å². The van der Waals surface area contributed by atoms with Gasteiger partial charge in [-0.25, -0.2) is 4.57 Å². The van der Waals surface area contributed by atoms with E-state index in [1.54, 1.807) is 0 Å². The molecule has 0 aromatic carbocycles. The molecule has 10 heteroatoms. The molecule has 0 heterocycles. The van der Waals surface area contributed by atoms with Gasteiger partial charge in [-0.1, -0.05) is 147 Å². The maximum absolute atomic E-state index is 12.6. The van der Waals surface area contributed by atoms with E-state index in [0.717, 1.165) is 70.6 Å². The first-order valence-corrected chi connectivity index (χ1v) is 23.0. The van der Waals surface area contributed by atoms with Crippen LogP contribution in [0.4, 0.5) is 0 Å². The summed E-state index contributed by atoms with van der Waals surface area (Å²) in [5, 5.41) is 0. The van der Waals surface area contributed by atoms with Gasteiger partial charge in [0.05, 0.1) is 13.2 Å². The lowest BCUT2D eigenvalue weighted by Crippen LogP contribution is -2.29. The molecule has 0 aliphatic heterocycles. The van der Waals surface area contributed by atoms with Crippen molar-refractivity contribution < 1.29 is 37.6 Å². The summed E-state index contributed by atoms with van der Waals surface area (Å²) in [4.78, 5) is 34.8. The molecular formula is C43H80NO8P. The Balaban J connectivity index is 4.18. The Morgan fingerprint density at radius 2 is 0.981 bits per heavy atom. The van der Waals surface area contributed by atoms with Crippen LogP contribution in [0.2, 0.25) is 0 Å². The van der Waals surface area contributed by atoms with Crippen LogP contribution in [0.15, 0.2) is 36.5 Å². The van der Waals surface area contributed by atoms with Crippen molar-refractivity contribution in [2.75, 3.05) is 26.4 Å². The highest BCUT2D eigenvalue weighted by molar-refractivity contribution is 7.47. The van der Waals surface area contributed by atoms with Gasteiger partial charge in [-0.15, -0.1) is 0 Å². The van der Waals surface area contributed by atoms with Crippen LogP contribution in [0.5, 0.6) is 0 Å². The minimum absolute atomic E-state index is 0.0507. The number of rotatable bonds is 40. The Labute approximate surface area is 324 Å². The van der Waals surface area contributed by atoms with Crippen molar-refractivity contribution in [1.82, 2.24) is 0 Å². The third kappa shape index (κ3) is 39.7. The maximum Gasteiger partial charge on any atom is 0.472 e. The summed E-state index contributed by atoms with van der Waals surface area (Å²) in [7, 11) is -4.38.